The van der Waals surface area contributed by atoms with Crippen LogP contribution in [0, 0.1) is 11.7 Å². The standard InChI is InChI=1S/C24H18F4N2O3/c25-19-7-3-2-6-17(19)23(32)29-16-9-10-20(18(12-16)24(26,27)28)30-22(31)15-11-14-5-1-4-8-21(14)33-13-15/h1-10,12,15H,11,13H2,(H,29,32)(H,30,31). The molecule has 170 valence electrons. The number of nitrogens with one attached hydrogen (secondary N) is 2. The molecule has 1 unspecified atom stereocenters. The molecule has 5 nitrogen and oxygen atoms in total. The number of halogens is 4. The molecule has 3 aromatic rings. The highest BCUT2D eigenvalue weighted by Crippen LogP contribution is 2.37. The number of carbonyl (C=O) groups excluding carboxylic acids is 2. The first-order chi connectivity index (χ1) is 15.7. The van der Waals surface area contributed by atoms with E-state index in [2.05, 4.69) is 10.6 Å². The minimum Gasteiger partial charge on any atom is -0.492 e. The number of hydrogen-bond acceptors (Lipinski definition) is 3. The van der Waals surface area contributed by atoms with E-state index in [0.29, 0.717) is 18.2 Å². The van der Waals surface area contributed by atoms with Crippen molar-refractivity contribution in [2.45, 2.75) is 12.6 Å². The van der Waals surface area contributed by atoms with Crippen molar-refractivity contribution in [3.63, 3.8) is 0 Å². The summed E-state index contributed by atoms with van der Waals surface area (Å²) in [6.07, 6.45) is -4.48. The Kier molecular flexibility index (Phi) is 6.04. The zero-order valence-corrected chi connectivity index (χ0v) is 17.1. The lowest BCUT2D eigenvalue weighted by Crippen LogP contribution is -2.33. The highest BCUT2D eigenvalue weighted by molar-refractivity contribution is 6.04. The van der Waals surface area contributed by atoms with E-state index >= 15 is 0 Å². The lowest BCUT2D eigenvalue weighted by atomic mass is 9.96. The third-order valence-corrected chi connectivity index (χ3v) is 5.21. The molecule has 0 aromatic heterocycles. The number of alkyl halides is 3. The fourth-order valence-corrected chi connectivity index (χ4v) is 3.54. The predicted octanol–water partition coefficient (Wildman–Crippen LogP) is 5.29. The molecular weight excluding hydrogens is 440 g/mol. The molecular formula is C24H18F4N2O3. The maximum atomic E-state index is 13.8. The first-order valence-corrected chi connectivity index (χ1v) is 10.0. The van der Waals surface area contributed by atoms with Gasteiger partial charge in [-0.05, 0) is 48.4 Å². The highest BCUT2D eigenvalue weighted by atomic mass is 19.4. The van der Waals surface area contributed by atoms with Gasteiger partial charge < -0.3 is 15.4 Å². The summed E-state index contributed by atoms with van der Waals surface area (Å²) in [4.78, 5) is 24.9. The predicted molar refractivity (Wildman–Crippen MR) is 114 cm³/mol. The SMILES string of the molecule is O=C(Nc1ccc(NC(=O)C2COc3ccccc3C2)c(C(F)(F)F)c1)c1ccccc1F. The molecule has 0 fully saturated rings. The second-order valence-corrected chi connectivity index (χ2v) is 7.50. The van der Waals surface area contributed by atoms with Crippen molar-refractivity contribution in [3.05, 3.63) is 89.2 Å². The van der Waals surface area contributed by atoms with Gasteiger partial charge in [-0.1, -0.05) is 30.3 Å². The van der Waals surface area contributed by atoms with Crippen molar-refractivity contribution in [2.24, 2.45) is 5.92 Å². The van der Waals surface area contributed by atoms with E-state index in [9.17, 15) is 27.2 Å². The molecule has 0 aliphatic carbocycles. The van der Waals surface area contributed by atoms with Gasteiger partial charge in [-0.25, -0.2) is 4.39 Å². The number of para-hydroxylation sites is 1. The maximum absolute atomic E-state index is 13.8. The Hall–Kier alpha value is -3.88. The topological polar surface area (TPSA) is 67.4 Å². The van der Waals surface area contributed by atoms with Gasteiger partial charge in [-0.3, -0.25) is 9.59 Å². The average Bonchev–Trinajstić information content (AvgIpc) is 2.79. The smallest absolute Gasteiger partial charge is 0.418 e. The third kappa shape index (κ3) is 4.97. The first-order valence-electron chi connectivity index (χ1n) is 10.0. The van der Waals surface area contributed by atoms with Crippen LogP contribution in [-0.4, -0.2) is 18.4 Å². The van der Waals surface area contributed by atoms with E-state index in [4.69, 9.17) is 4.74 Å². The molecule has 0 bridgehead atoms. The summed E-state index contributed by atoms with van der Waals surface area (Å²) in [7, 11) is 0. The number of rotatable bonds is 4. The lowest BCUT2D eigenvalue weighted by molar-refractivity contribution is -0.137. The molecule has 9 heteroatoms. The van der Waals surface area contributed by atoms with Crippen molar-refractivity contribution in [3.8, 4) is 5.75 Å². The van der Waals surface area contributed by atoms with Gasteiger partial charge >= 0.3 is 6.18 Å². The maximum Gasteiger partial charge on any atom is 0.418 e. The third-order valence-electron chi connectivity index (χ3n) is 5.21. The van der Waals surface area contributed by atoms with Gasteiger partial charge in [-0.15, -0.1) is 0 Å². The van der Waals surface area contributed by atoms with Crippen molar-refractivity contribution in [2.75, 3.05) is 17.2 Å². The summed E-state index contributed by atoms with van der Waals surface area (Å²) in [5, 5.41) is 4.58. The number of fused-ring (bicyclic) bond motifs is 1. The van der Waals surface area contributed by atoms with E-state index in [1.54, 1.807) is 24.3 Å². The van der Waals surface area contributed by atoms with Gasteiger partial charge in [0.05, 0.1) is 22.7 Å². The van der Waals surface area contributed by atoms with Crippen molar-refractivity contribution < 1.29 is 31.9 Å². The summed E-state index contributed by atoms with van der Waals surface area (Å²) < 4.78 is 60.4. The summed E-state index contributed by atoms with van der Waals surface area (Å²) in [6, 6.07) is 15.2. The van der Waals surface area contributed by atoms with Gasteiger partial charge in [-0.2, -0.15) is 13.2 Å². The molecule has 0 radical (unpaired) electrons. The van der Waals surface area contributed by atoms with Crippen LogP contribution in [0.4, 0.5) is 28.9 Å². The molecule has 1 aliphatic heterocycles. The van der Waals surface area contributed by atoms with Crippen LogP contribution in [0.5, 0.6) is 5.75 Å². The van der Waals surface area contributed by atoms with E-state index in [1.165, 1.54) is 24.3 Å². The molecule has 0 spiro atoms. The minimum absolute atomic E-state index is 0.0426. The Morgan fingerprint density at radius 2 is 1.67 bits per heavy atom. The number of anilines is 2. The number of amides is 2. The normalized spacial score (nSPS) is 15.2. The largest absolute Gasteiger partial charge is 0.492 e. The molecule has 1 aliphatic rings. The molecule has 33 heavy (non-hydrogen) atoms. The zero-order chi connectivity index (χ0) is 23.6. The van der Waals surface area contributed by atoms with Crippen LogP contribution in [0.2, 0.25) is 0 Å². The van der Waals surface area contributed by atoms with Gasteiger partial charge in [0, 0.05) is 5.69 Å². The Morgan fingerprint density at radius 3 is 2.42 bits per heavy atom. The van der Waals surface area contributed by atoms with Crippen LogP contribution in [0.25, 0.3) is 0 Å². The number of ether oxygens (including phenoxy) is 1. The summed E-state index contributed by atoms with van der Waals surface area (Å²) in [5.41, 5.74) is -1.29. The molecule has 0 saturated heterocycles. The van der Waals surface area contributed by atoms with E-state index in [-0.39, 0.29) is 17.9 Å². The Morgan fingerprint density at radius 1 is 0.939 bits per heavy atom. The van der Waals surface area contributed by atoms with Crippen molar-refractivity contribution in [1.29, 1.82) is 0 Å². The summed E-state index contributed by atoms with van der Waals surface area (Å²) in [6.45, 7) is 0.0426. The highest BCUT2D eigenvalue weighted by Gasteiger charge is 2.35. The van der Waals surface area contributed by atoms with Crippen molar-refractivity contribution >= 4 is 23.2 Å². The number of benzene rings is 3. The van der Waals surface area contributed by atoms with Crippen molar-refractivity contribution in [1.82, 2.24) is 0 Å². The molecule has 1 heterocycles. The average molecular weight is 458 g/mol. The lowest BCUT2D eigenvalue weighted by Gasteiger charge is -2.25. The summed E-state index contributed by atoms with van der Waals surface area (Å²) in [5.74, 6) is -2.32. The first kappa shape index (κ1) is 22.3. The second kappa shape index (κ2) is 8.93. The van der Waals surface area contributed by atoms with Crippen LogP contribution < -0.4 is 15.4 Å². The van der Waals surface area contributed by atoms with Gasteiger partial charge in [0.1, 0.15) is 18.2 Å². The minimum atomic E-state index is -4.81. The summed E-state index contributed by atoms with van der Waals surface area (Å²) >= 11 is 0. The molecule has 2 amide bonds. The van der Waals surface area contributed by atoms with Gasteiger partial charge in [0.2, 0.25) is 5.91 Å². The number of hydrogen-bond donors (Lipinski definition) is 2. The molecule has 3 aromatic carbocycles. The Balaban J connectivity index is 1.53. The number of carbonyl (C=O) groups is 2. The van der Waals surface area contributed by atoms with Crippen LogP contribution in [0.3, 0.4) is 0 Å². The van der Waals surface area contributed by atoms with Crippen LogP contribution in [0.1, 0.15) is 21.5 Å². The van der Waals surface area contributed by atoms with E-state index in [0.717, 1.165) is 17.7 Å². The second-order valence-electron chi connectivity index (χ2n) is 7.50. The van der Waals surface area contributed by atoms with Crippen LogP contribution >= 0.6 is 0 Å². The Bertz CT molecular complexity index is 1210. The van der Waals surface area contributed by atoms with E-state index < -0.39 is 41.0 Å². The fourth-order valence-electron chi connectivity index (χ4n) is 3.54. The van der Waals surface area contributed by atoms with E-state index in [1.807, 2.05) is 0 Å². The molecule has 0 saturated carbocycles. The van der Waals surface area contributed by atoms with Gasteiger partial charge in [0.15, 0.2) is 0 Å². The zero-order valence-electron chi connectivity index (χ0n) is 17.1. The quantitative estimate of drug-likeness (QED) is 0.523. The molecule has 4 rings (SSSR count). The Labute approximate surface area is 186 Å². The van der Waals surface area contributed by atoms with Crippen LogP contribution in [0.15, 0.2) is 66.7 Å². The fraction of sp³-hybridized carbons (Fsp3) is 0.167. The molecule has 2 N–H and O–H groups in total. The van der Waals surface area contributed by atoms with Gasteiger partial charge in [0.25, 0.3) is 5.91 Å². The van der Waals surface area contributed by atoms with Crippen LogP contribution in [-0.2, 0) is 17.4 Å². The molecule has 1 atom stereocenters. The monoisotopic (exact) mass is 458 g/mol.